The van der Waals surface area contributed by atoms with Crippen molar-refractivity contribution in [1.29, 1.82) is 0 Å². The van der Waals surface area contributed by atoms with Gasteiger partial charge in [-0.2, -0.15) is 0 Å². The largest absolute Gasteiger partial charge is 0.491 e. The molecule has 4 unspecified atom stereocenters. The van der Waals surface area contributed by atoms with Crippen molar-refractivity contribution >= 4 is 39.1 Å². The molecule has 2 N–H and O–H groups in total. The van der Waals surface area contributed by atoms with E-state index in [0.717, 1.165) is 90.8 Å². The average molecular weight is 950 g/mol. The zero-order chi connectivity index (χ0) is 45.4. The molecular formula is C48H58BrFN4O10. The number of hydrogen-bond acceptors (Lipinski definition) is 12. The summed E-state index contributed by atoms with van der Waals surface area (Å²) in [6.45, 7) is 14.1. The number of rotatable bonds is 12. The summed E-state index contributed by atoms with van der Waals surface area (Å²) in [5.74, 6) is -0.641. The van der Waals surface area contributed by atoms with Crippen LogP contribution in [0.25, 0.3) is 0 Å². The van der Waals surface area contributed by atoms with Crippen LogP contribution in [0.3, 0.4) is 0 Å². The molecule has 16 heteroatoms. The van der Waals surface area contributed by atoms with E-state index < -0.39 is 17.4 Å². The number of hydrogen-bond donors (Lipinski definition) is 2. The van der Waals surface area contributed by atoms with E-state index in [4.69, 9.17) is 28.4 Å². The third-order valence-corrected chi connectivity index (χ3v) is 12.5. The van der Waals surface area contributed by atoms with Crippen molar-refractivity contribution in [3.8, 4) is 11.5 Å². The minimum atomic E-state index is -1.06. The van der Waals surface area contributed by atoms with Gasteiger partial charge in [-0.25, -0.2) is 4.39 Å². The second-order valence-electron chi connectivity index (χ2n) is 16.5. The Morgan fingerprint density at radius 1 is 0.641 bits per heavy atom. The van der Waals surface area contributed by atoms with E-state index in [2.05, 4.69) is 25.7 Å². The molecule has 4 heterocycles. The number of nitrogens with zero attached hydrogens (tertiary/aromatic N) is 4. The van der Waals surface area contributed by atoms with Crippen molar-refractivity contribution in [2.75, 3.05) is 88.6 Å². The standard InChI is InChI=1S/C24H29BrN2O5.C24H29FN2O5/c2*1-17(29)26-9-11-27(12-10-26)20-4-6-21(7-5-20)30-15-22-16-31-24(2,32-22)23-8-3-19(25)13-18(23)14-28/h2*3-8,13,22,28H,9-12,14-16H2,1-2H3. The van der Waals surface area contributed by atoms with Gasteiger partial charge in [-0.3, -0.25) is 9.59 Å². The highest BCUT2D eigenvalue weighted by Gasteiger charge is 2.42. The first-order valence-electron chi connectivity index (χ1n) is 21.7. The third kappa shape index (κ3) is 11.5. The SMILES string of the molecule is CC(=O)N1CCN(c2ccc(OCC3COC(C)(c4ccc(Br)cc4CO)O3)cc2)CC1.CC(=O)N1CCN(c2ccc(OCC3COC(C)(c4ccc(F)cc4CO)O3)cc2)CC1. The van der Waals surface area contributed by atoms with Crippen LogP contribution >= 0.6 is 15.9 Å². The molecule has 344 valence electrons. The average Bonchev–Trinajstić information content (AvgIpc) is 3.90. The van der Waals surface area contributed by atoms with Crippen molar-refractivity contribution in [3.63, 3.8) is 0 Å². The van der Waals surface area contributed by atoms with Crippen LogP contribution in [0, 0.1) is 5.82 Å². The van der Waals surface area contributed by atoms with Gasteiger partial charge in [0.2, 0.25) is 11.8 Å². The summed E-state index contributed by atoms with van der Waals surface area (Å²) in [4.78, 5) is 31.2. The van der Waals surface area contributed by atoms with Gasteiger partial charge in [0.05, 0.1) is 26.4 Å². The van der Waals surface area contributed by atoms with Crippen LogP contribution in [0.4, 0.5) is 15.8 Å². The number of halogens is 2. The highest BCUT2D eigenvalue weighted by atomic mass is 79.9. The van der Waals surface area contributed by atoms with Gasteiger partial charge in [0.25, 0.3) is 0 Å². The number of aliphatic hydroxyl groups is 2. The van der Waals surface area contributed by atoms with Gasteiger partial charge in [0.1, 0.15) is 42.7 Å². The molecule has 4 aromatic rings. The lowest BCUT2D eigenvalue weighted by atomic mass is 10.0. The predicted octanol–water partition coefficient (Wildman–Crippen LogP) is 5.93. The Morgan fingerprint density at radius 2 is 1.05 bits per heavy atom. The molecule has 0 aliphatic carbocycles. The van der Waals surface area contributed by atoms with Gasteiger partial charge in [-0.15, -0.1) is 0 Å². The van der Waals surface area contributed by atoms with E-state index in [1.54, 1.807) is 26.8 Å². The third-order valence-electron chi connectivity index (χ3n) is 12.1. The molecule has 0 bridgehead atoms. The fraction of sp³-hybridized carbons (Fsp3) is 0.458. The van der Waals surface area contributed by atoms with Crippen LogP contribution in [-0.4, -0.2) is 123 Å². The Balaban J connectivity index is 0.000000191. The summed E-state index contributed by atoms with van der Waals surface area (Å²) >= 11 is 3.43. The molecule has 4 atom stereocenters. The lowest BCUT2D eigenvalue weighted by Crippen LogP contribution is -2.48. The Labute approximate surface area is 382 Å². The summed E-state index contributed by atoms with van der Waals surface area (Å²) in [5.41, 5.74) is 4.86. The number of benzene rings is 4. The lowest BCUT2D eigenvalue weighted by Gasteiger charge is -2.35. The first-order chi connectivity index (χ1) is 30.8. The van der Waals surface area contributed by atoms with Gasteiger partial charge < -0.3 is 58.2 Å². The van der Waals surface area contributed by atoms with E-state index in [9.17, 15) is 24.2 Å². The number of piperazine rings is 2. The zero-order valence-corrected chi connectivity index (χ0v) is 38.4. The molecule has 64 heavy (non-hydrogen) atoms. The second-order valence-corrected chi connectivity index (χ2v) is 17.4. The molecule has 8 rings (SSSR count). The van der Waals surface area contributed by atoms with Crippen molar-refractivity contribution in [2.45, 2.75) is 64.7 Å². The van der Waals surface area contributed by atoms with E-state index >= 15 is 0 Å². The maximum absolute atomic E-state index is 13.5. The van der Waals surface area contributed by atoms with Crippen LogP contribution in [-0.2, 0) is 53.3 Å². The lowest BCUT2D eigenvalue weighted by molar-refractivity contribution is -0.165. The van der Waals surface area contributed by atoms with Crippen LogP contribution in [0.1, 0.15) is 49.9 Å². The van der Waals surface area contributed by atoms with E-state index in [1.807, 2.05) is 83.5 Å². The Kier molecular flexibility index (Phi) is 15.5. The minimum Gasteiger partial charge on any atom is -0.491 e. The zero-order valence-electron chi connectivity index (χ0n) is 36.8. The molecule has 0 radical (unpaired) electrons. The topological polar surface area (TPSA) is 143 Å². The normalized spacial score (nSPS) is 23.4. The van der Waals surface area contributed by atoms with Gasteiger partial charge in [-0.1, -0.05) is 28.1 Å². The minimum absolute atomic E-state index is 0.0889. The maximum atomic E-state index is 13.5. The fourth-order valence-electron chi connectivity index (χ4n) is 8.44. The molecular weight excluding hydrogens is 891 g/mol. The summed E-state index contributed by atoms with van der Waals surface area (Å²) in [5, 5.41) is 19.3. The molecule has 4 saturated heterocycles. The molecule has 14 nitrogen and oxygen atoms in total. The summed E-state index contributed by atoms with van der Waals surface area (Å²) in [6, 6.07) is 25.8. The number of anilines is 2. The van der Waals surface area contributed by atoms with Crippen molar-refractivity contribution in [2.24, 2.45) is 0 Å². The first-order valence-corrected chi connectivity index (χ1v) is 22.4. The quantitative estimate of drug-likeness (QED) is 0.174. The maximum Gasteiger partial charge on any atom is 0.219 e. The molecule has 4 aliphatic heterocycles. The van der Waals surface area contributed by atoms with Crippen LogP contribution in [0.2, 0.25) is 0 Å². The molecule has 0 aromatic heterocycles. The Hall–Kier alpha value is -4.81. The first kappa shape index (κ1) is 47.2. The van der Waals surface area contributed by atoms with E-state index in [1.165, 1.54) is 12.1 Å². The molecule has 0 spiro atoms. The number of carbonyl (C=O) groups excluding carboxylic acids is 2. The van der Waals surface area contributed by atoms with Crippen molar-refractivity contribution < 1.29 is 52.6 Å². The van der Waals surface area contributed by atoms with Gasteiger partial charge >= 0.3 is 0 Å². The summed E-state index contributed by atoms with van der Waals surface area (Å²) in [6.07, 6.45) is -0.509. The van der Waals surface area contributed by atoms with Gasteiger partial charge in [0, 0.05) is 93.2 Å². The molecule has 4 aromatic carbocycles. The number of amides is 2. The number of carbonyl (C=O) groups is 2. The predicted molar refractivity (Wildman–Crippen MR) is 242 cm³/mol. The summed E-state index contributed by atoms with van der Waals surface area (Å²) in [7, 11) is 0. The summed E-state index contributed by atoms with van der Waals surface area (Å²) < 4.78 is 50.3. The number of ether oxygens (including phenoxy) is 6. The Bertz CT molecular complexity index is 2050. The van der Waals surface area contributed by atoms with Crippen molar-refractivity contribution in [1.82, 2.24) is 9.80 Å². The van der Waals surface area contributed by atoms with E-state index in [-0.39, 0.29) is 37.2 Å². The molecule has 0 saturated carbocycles. The highest BCUT2D eigenvalue weighted by molar-refractivity contribution is 9.10. The smallest absolute Gasteiger partial charge is 0.219 e. The fourth-order valence-corrected chi connectivity index (χ4v) is 8.85. The monoisotopic (exact) mass is 948 g/mol. The molecule has 2 amide bonds. The van der Waals surface area contributed by atoms with Crippen LogP contribution in [0.15, 0.2) is 89.4 Å². The van der Waals surface area contributed by atoms with Crippen LogP contribution < -0.4 is 19.3 Å². The van der Waals surface area contributed by atoms with Crippen molar-refractivity contribution in [3.05, 3.63) is 117 Å². The molecule has 4 fully saturated rings. The highest BCUT2D eigenvalue weighted by Crippen LogP contribution is 2.38. The van der Waals surface area contributed by atoms with Gasteiger partial charge in [0.15, 0.2) is 11.6 Å². The van der Waals surface area contributed by atoms with Gasteiger partial charge in [-0.05, 0) is 97.8 Å². The van der Waals surface area contributed by atoms with E-state index in [0.29, 0.717) is 37.6 Å². The second kappa shape index (κ2) is 21.0. The number of aliphatic hydroxyl groups excluding tert-OH is 2. The van der Waals surface area contributed by atoms with Crippen LogP contribution in [0.5, 0.6) is 11.5 Å². The molecule has 4 aliphatic rings. The Morgan fingerprint density at radius 3 is 1.45 bits per heavy atom.